The van der Waals surface area contributed by atoms with Gasteiger partial charge in [0.15, 0.2) is 5.78 Å². The van der Waals surface area contributed by atoms with Crippen LogP contribution in [0.1, 0.15) is 90.8 Å². The molecule has 4 aliphatic carbocycles. The number of carbonyl (C=O) groups excluding carboxylic acids is 3. The number of aromatic nitrogens is 1. The average molecular weight is 669 g/mol. The molecule has 5 rings (SSSR count). The standard InChI is InChI=1S/C33H41BrF3NO5/c1-17-26(34)13-18(28(38-17)42-33(35,36)37)14-27(40)24-8-7-22-20-16-21(29(41)43-30(2,3)4)25-15-19(39)9-11-32(25,6)23(20)10-12-31(22,24)5/h13,15,20-24H,7-12,14,16H2,1-6H3/t20?,21?,22?,23?,24?,31-,32+/m0/s1. The molecule has 3 saturated carbocycles. The highest BCUT2D eigenvalue weighted by Gasteiger charge is 2.62. The van der Waals surface area contributed by atoms with E-state index in [2.05, 4.69) is 39.5 Å². The summed E-state index contributed by atoms with van der Waals surface area (Å²) in [5, 5.41) is 0. The van der Waals surface area contributed by atoms with E-state index >= 15 is 0 Å². The fourth-order valence-corrected chi connectivity index (χ4v) is 9.36. The molecule has 0 N–H and O–H groups in total. The molecular formula is C33H41BrF3NO5. The van der Waals surface area contributed by atoms with Crippen molar-refractivity contribution >= 4 is 33.5 Å². The summed E-state index contributed by atoms with van der Waals surface area (Å²) in [6.07, 6.45) is 1.44. The van der Waals surface area contributed by atoms with Gasteiger partial charge < -0.3 is 9.47 Å². The Labute approximate surface area is 259 Å². The molecule has 1 aromatic rings. The second-order valence-corrected chi connectivity index (χ2v) is 15.4. The van der Waals surface area contributed by atoms with E-state index in [4.69, 9.17) is 4.74 Å². The van der Waals surface area contributed by atoms with Gasteiger partial charge in [-0.15, -0.1) is 13.2 Å². The number of fused-ring (bicyclic) bond motifs is 5. The lowest BCUT2D eigenvalue weighted by molar-refractivity contribution is -0.276. The Bertz CT molecular complexity index is 1370. The van der Waals surface area contributed by atoms with E-state index in [1.807, 2.05) is 20.8 Å². The minimum absolute atomic E-state index is 0.0535. The van der Waals surface area contributed by atoms with Crippen LogP contribution in [0.15, 0.2) is 22.2 Å². The van der Waals surface area contributed by atoms with Crippen molar-refractivity contribution in [2.75, 3.05) is 0 Å². The Morgan fingerprint density at radius 2 is 1.79 bits per heavy atom. The molecule has 0 bridgehead atoms. The minimum Gasteiger partial charge on any atom is -0.460 e. The number of Topliss-reactive ketones (excluding diaryl/α,β-unsaturated/α-hetero) is 1. The second-order valence-electron chi connectivity index (χ2n) is 14.6. The van der Waals surface area contributed by atoms with Crippen LogP contribution in [0.2, 0.25) is 0 Å². The number of pyridine rings is 1. The summed E-state index contributed by atoms with van der Waals surface area (Å²) >= 11 is 3.34. The van der Waals surface area contributed by atoms with E-state index in [0.29, 0.717) is 35.8 Å². The van der Waals surface area contributed by atoms with Gasteiger partial charge >= 0.3 is 12.3 Å². The number of alkyl halides is 3. The maximum atomic E-state index is 13.9. The van der Waals surface area contributed by atoms with Gasteiger partial charge in [0.05, 0.1) is 11.6 Å². The van der Waals surface area contributed by atoms with Gasteiger partial charge in [-0.1, -0.05) is 13.8 Å². The molecule has 0 saturated heterocycles. The number of hydrogen-bond donors (Lipinski definition) is 0. The summed E-state index contributed by atoms with van der Waals surface area (Å²) in [6, 6.07) is 1.50. The van der Waals surface area contributed by atoms with E-state index in [-0.39, 0.29) is 64.0 Å². The van der Waals surface area contributed by atoms with Crippen LogP contribution >= 0.6 is 15.9 Å². The molecule has 1 aromatic heterocycles. The Kier molecular flexibility index (Phi) is 8.22. The van der Waals surface area contributed by atoms with E-state index in [1.165, 1.54) is 6.07 Å². The summed E-state index contributed by atoms with van der Waals surface area (Å²) in [4.78, 5) is 44.0. The molecule has 236 valence electrons. The molecule has 4 aliphatic rings. The van der Waals surface area contributed by atoms with Crippen LogP contribution in [0.3, 0.4) is 0 Å². The molecule has 0 spiro atoms. The van der Waals surface area contributed by atoms with E-state index in [9.17, 15) is 27.6 Å². The third-order valence-electron chi connectivity index (χ3n) is 10.9. The maximum absolute atomic E-state index is 13.9. The van der Waals surface area contributed by atoms with Gasteiger partial charge in [0.25, 0.3) is 0 Å². The van der Waals surface area contributed by atoms with Crippen molar-refractivity contribution in [1.82, 2.24) is 4.98 Å². The SMILES string of the molecule is Cc1nc(OC(F)(F)F)c(CC(=O)C2CCC3C4CC(C(=O)OC(C)(C)C)C5=CC(=O)CC[C@]5(C)C4CC[C@]23C)cc1Br. The zero-order chi connectivity index (χ0) is 31.7. The third kappa shape index (κ3) is 6.06. The summed E-state index contributed by atoms with van der Waals surface area (Å²) in [5.74, 6) is -1.15. The van der Waals surface area contributed by atoms with Crippen LogP contribution in [0.5, 0.6) is 5.88 Å². The van der Waals surface area contributed by atoms with E-state index in [1.54, 1.807) is 13.0 Å². The van der Waals surface area contributed by atoms with Crippen molar-refractivity contribution in [2.45, 2.75) is 105 Å². The molecule has 0 radical (unpaired) electrons. The number of hydrogen-bond acceptors (Lipinski definition) is 6. The first-order chi connectivity index (χ1) is 19.8. The number of aryl methyl sites for hydroxylation is 1. The number of halogens is 4. The molecule has 7 atom stereocenters. The van der Waals surface area contributed by atoms with E-state index < -0.39 is 23.8 Å². The number of ketones is 2. The van der Waals surface area contributed by atoms with Crippen molar-refractivity contribution in [3.63, 3.8) is 0 Å². The molecule has 43 heavy (non-hydrogen) atoms. The number of rotatable bonds is 5. The smallest absolute Gasteiger partial charge is 0.460 e. The minimum atomic E-state index is -4.92. The predicted molar refractivity (Wildman–Crippen MR) is 157 cm³/mol. The van der Waals surface area contributed by atoms with Crippen molar-refractivity contribution in [3.05, 3.63) is 33.4 Å². The van der Waals surface area contributed by atoms with Crippen molar-refractivity contribution in [3.8, 4) is 5.88 Å². The van der Waals surface area contributed by atoms with Crippen LogP contribution in [-0.4, -0.2) is 34.5 Å². The molecule has 0 aliphatic heterocycles. The molecule has 10 heteroatoms. The Morgan fingerprint density at radius 3 is 2.44 bits per heavy atom. The van der Waals surface area contributed by atoms with Gasteiger partial charge in [-0.3, -0.25) is 14.4 Å². The number of nitrogens with zero attached hydrogens (tertiary/aromatic N) is 1. The molecule has 5 unspecified atom stereocenters. The summed E-state index contributed by atoms with van der Waals surface area (Å²) in [6.45, 7) is 11.4. The van der Waals surface area contributed by atoms with Crippen LogP contribution in [0.4, 0.5) is 13.2 Å². The third-order valence-corrected chi connectivity index (χ3v) is 11.7. The van der Waals surface area contributed by atoms with Gasteiger partial charge in [0, 0.05) is 28.8 Å². The normalized spacial score (nSPS) is 34.0. The largest absolute Gasteiger partial charge is 0.574 e. The van der Waals surface area contributed by atoms with Crippen LogP contribution < -0.4 is 4.74 Å². The summed E-state index contributed by atoms with van der Waals surface area (Å²) in [5.41, 5.74) is 0.0414. The Morgan fingerprint density at radius 1 is 1.09 bits per heavy atom. The quantitative estimate of drug-likeness (QED) is 0.297. The average Bonchev–Trinajstić information content (AvgIpc) is 3.22. The first kappa shape index (κ1) is 32.2. The lowest BCUT2D eigenvalue weighted by Gasteiger charge is -2.59. The van der Waals surface area contributed by atoms with Gasteiger partial charge in [-0.05, 0) is 128 Å². The monoisotopic (exact) mass is 667 g/mol. The summed E-state index contributed by atoms with van der Waals surface area (Å²) in [7, 11) is 0. The first-order valence-electron chi connectivity index (χ1n) is 15.2. The van der Waals surface area contributed by atoms with Gasteiger partial charge in [0.2, 0.25) is 5.88 Å². The number of carbonyl (C=O) groups is 3. The van der Waals surface area contributed by atoms with Gasteiger partial charge in [-0.25, -0.2) is 4.98 Å². The first-order valence-corrected chi connectivity index (χ1v) is 16.0. The maximum Gasteiger partial charge on any atom is 0.574 e. The topological polar surface area (TPSA) is 82.6 Å². The number of ether oxygens (including phenoxy) is 2. The molecule has 3 fully saturated rings. The fraction of sp³-hybridized carbons (Fsp3) is 0.697. The van der Waals surface area contributed by atoms with Crippen molar-refractivity contribution in [1.29, 1.82) is 0 Å². The van der Waals surface area contributed by atoms with Crippen LogP contribution in [0, 0.1) is 47.3 Å². The molecule has 0 amide bonds. The fourth-order valence-electron chi connectivity index (χ4n) is 9.00. The highest BCUT2D eigenvalue weighted by molar-refractivity contribution is 9.10. The molecule has 1 heterocycles. The van der Waals surface area contributed by atoms with Crippen molar-refractivity contribution in [2.24, 2.45) is 40.4 Å². The summed E-state index contributed by atoms with van der Waals surface area (Å²) < 4.78 is 50.1. The molecule has 6 nitrogen and oxygen atoms in total. The van der Waals surface area contributed by atoms with Crippen molar-refractivity contribution < 1.29 is 37.0 Å². The Hall–Kier alpha value is -2.23. The number of esters is 1. The van der Waals surface area contributed by atoms with Gasteiger partial charge in [0.1, 0.15) is 11.4 Å². The predicted octanol–water partition coefficient (Wildman–Crippen LogP) is 7.88. The highest BCUT2D eigenvalue weighted by Crippen LogP contribution is 2.67. The zero-order valence-electron chi connectivity index (χ0n) is 25.7. The second kappa shape index (κ2) is 11.0. The van der Waals surface area contributed by atoms with Gasteiger partial charge in [-0.2, -0.15) is 0 Å². The van der Waals surface area contributed by atoms with E-state index in [0.717, 1.165) is 24.8 Å². The Balaban J connectivity index is 1.43. The highest BCUT2D eigenvalue weighted by atomic mass is 79.9. The molecular weight excluding hydrogens is 627 g/mol. The lowest BCUT2D eigenvalue weighted by atomic mass is 9.45. The van der Waals surface area contributed by atoms with Crippen LogP contribution in [-0.2, 0) is 25.5 Å². The zero-order valence-corrected chi connectivity index (χ0v) is 27.3. The van der Waals surface area contributed by atoms with Crippen LogP contribution in [0.25, 0.3) is 0 Å². The lowest BCUT2D eigenvalue weighted by Crippen LogP contribution is -2.54. The molecule has 0 aromatic carbocycles.